The summed E-state index contributed by atoms with van der Waals surface area (Å²) in [5.41, 5.74) is 6.12. The number of aromatic nitrogens is 1. The number of pyridine rings is 1. The average molecular weight is 410 g/mol. The molecular formula is C13H9Br2F3N2. The van der Waals surface area contributed by atoms with E-state index in [0.717, 1.165) is 16.6 Å². The van der Waals surface area contributed by atoms with Crippen LogP contribution in [0.2, 0.25) is 0 Å². The van der Waals surface area contributed by atoms with Gasteiger partial charge in [-0.3, -0.25) is 4.98 Å². The number of nitrogens with two attached hydrogens (primary N) is 1. The summed E-state index contributed by atoms with van der Waals surface area (Å²) in [5, 5.41) is 0. The van der Waals surface area contributed by atoms with Gasteiger partial charge in [0.2, 0.25) is 0 Å². The van der Waals surface area contributed by atoms with Crippen molar-refractivity contribution in [3.8, 4) is 0 Å². The number of halogens is 5. The van der Waals surface area contributed by atoms with Gasteiger partial charge in [0, 0.05) is 15.1 Å². The summed E-state index contributed by atoms with van der Waals surface area (Å²) in [6.07, 6.45) is -2.84. The van der Waals surface area contributed by atoms with Crippen molar-refractivity contribution >= 4 is 31.9 Å². The number of benzene rings is 1. The maximum Gasteiger partial charge on any atom is 0.416 e. The molecule has 1 aromatic heterocycles. The van der Waals surface area contributed by atoms with Crippen molar-refractivity contribution in [3.63, 3.8) is 0 Å². The maximum absolute atomic E-state index is 12.7. The molecule has 0 radical (unpaired) electrons. The molecule has 0 saturated heterocycles. The summed E-state index contributed by atoms with van der Waals surface area (Å²) in [7, 11) is 0. The van der Waals surface area contributed by atoms with Crippen LogP contribution in [0, 0.1) is 0 Å². The topological polar surface area (TPSA) is 38.9 Å². The largest absolute Gasteiger partial charge is 0.416 e. The van der Waals surface area contributed by atoms with Crippen LogP contribution in [0.4, 0.5) is 13.2 Å². The van der Waals surface area contributed by atoms with Crippen LogP contribution >= 0.6 is 31.9 Å². The van der Waals surface area contributed by atoms with Crippen molar-refractivity contribution in [3.05, 3.63) is 62.3 Å². The first-order valence-electron chi connectivity index (χ1n) is 5.52. The van der Waals surface area contributed by atoms with Gasteiger partial charge in [0.1, 0.15) is 0 Å². The molecular weight excluding hydrogens is 401 g/mol. The Morgan fingerprint density at radius 2 is 1.85 bits per heavy atom. The van der Waals surface area contributed by atoms with Crippen LogP contribution in [-0.2, 0) is 6.18 Å². The summed E-state index contributed by atoms with van der Waals surface area (Å²) >= 11 is 6.57. The Morgan fingerprint density at radius 1 is 1.15 bits per heavy atom. The molecule has 0 bridgehead atoms. The van der Waals surface area contributed by atoms with Crippen molar-refractivity contribution in [1.29, 1.82) is 0 Å². The summed E-state index contributed by atoms with van der Waals surface area (Å²) in [6.45, 7) is 0. The third-order valence-electron chi connectivity index (χ3n) is 2.70. The minimum Gasteiger partial charge on any atom is -0.319 e. The first kappa shape index (κ1) is 15.5. The average Bonchev–Trinajstić information content (AvgIpc) is 2.37. The van der Waals surface area contributed by atoms with Crippen LogP contribution in [0.25, 0.3) is 0 Å². The lowest BCUT2D eigenvalue weighted by Crippen LogP contribution is -2.15. The van der Waals surface area contributed by atoms with Crippen molar-refractivity contribution < 1.29 is 13.2 Å². The van der Waals surface area contributed by atoms with Crippen LogP contribution in [0.1, 0.15) is 22.9 Å². The van der Waals surface area contributed by atoms with Crippen molar-refractivity contribution in [2.75, 3.05) is 0 Å². The summed E-state index contributed by atoms with van der Waals surface area (Å²) < 4.78 is 39.5. The Morgan fingerprint density at radius 3 is 2.45 bits per heavy atom. The number of alkyl halides is 3. The lowest BCUT2D eigenvalue weighted by Gasteiger charge is -2.15. The van der Waals surface area contributed by atoms with E-state index < -0.39 is 17.8 Å². The van der Waals surface area contributed by atoms with Gasteiger partial charge in [0.25, 0.3) is 0 Å². The second-order valence-corrected chi connectivity index (χ2v) is 5.89. The highest BCUT2D eigenvalue weighted by Crippen LogP contribution is 2.32. The molecule has 0 aliphatic carbocycles. The van der Waals surface area contributed by atoms with E-state index in [1.165, 1.54) is 6.07 Å². The fraction of sp³-hybridized carbons (Fsp3) is 0.154. The van der Waals surface area contributed by atoms with Crippen molar-refractivity contribution in [2.45, 2.75) is 12.2 Å². The van der Waals surface area contributed by atoms with Gasteiger partial charge in [-0.1, -0.05) is 12.1 Å². The highest BCUT2D eigenvalue weighted by Gasteiger charge is 2.31. The summed E-state index contributed by atoms with van der Waals surface area (Å²) in [6, 6.07) is 5.96. The van der Waals surface area contributed by atoms with E-state index in [9.17, 15) is 13.2 Å². The van der Waals surface area contributed by atoms with Crippen molar-refractivity contribution in [1.82, 2.24) is 4.98 Å². The Hall–Kier alpha value is -0.920. The minimum absolute atomic E-state index is 0.357. The Labute approximate surface area is 130 Å². The number of rotatable bonds is 2. The van der Waals surface area contributed by atoms with Crippen LogP contribution < -0.4 is 5.73 Å². The lowest BCUT2D eigenvalue weighted by atomic mass is 10.0. The zero-order valence-corrected chi connectivity index (χ0v) is 13.1. The number of nitrogens with zero attached hydrogens (tertiary/aromatic N) is 1. The van der Waals surface area contributed by atoms with E-state index in [1.54, 1.807) is 18.3 Å². The van der Waals surface area contributed by atoms with Crippen LogP contribution in [0.15, 0.2) is 45.5 Å². The molecule has 1 heterocycles. The van der Waals surface area contributed by atoms with Gasteiger partial charge in [-0.2, -0.15) is 13.2 Å². The third kappa shape index (κ3) is 3.39. The second-order valence-electron chi connectivity index (χ2n) is 4.12. The molecule has 0 saturated carbocycles. The molecule has 0 amide bonds. The van der Waals surface area contributed by atoms with Crippen molar-refractivity contribution in [2.24, 2.45) is 5.73 Å². The van der Waals surface area contributed by atoms with Crippen LogP contribution in [-0.4, -0.2) is 4.98 Å². The van der Waals surface area contributed by atoms with Crippen LogP contribution in [0.3, 0.4) is 0 Å². The molecule has 2 N–H and O–H groups in total. The standard InChI is InChI=1S/C13H9Br2F3N2/c14-9-5-10(15)12(20-6-9)11(19)7-2-1-3-8(4-7)13(16,17)18/h1-6,11H,19H2. The third-order valence-corrected chi connectivity index (χ3v) is 3.77. The molecule has 1 unspecified atom stereocenters. The highest BCUT2D eigenvalue weighted by molar-refractivity contribution is 9.11. The second kappa shape index (κ2) is 5.83. The fourth-order valence-corrected chi connectivity index (χ4v) is 2.95. The zero-order chi connectivity index (χ0) is 14.9. The number of hydrogen-bond acceptors (Lipinski definition) is 2. The molecule has 2 rings (SSSR count). The molecule has 0 spiro atoms. The van der Waals surface area contributed by atoms with E-state index in [-0.39, 0.29) is 0 Å². The van der Waals surface area contributed by atoms with E-state index in [0.29, 0.717) is 15.7 Å². The highest BCUT2D eigenvalue weighted by atomic mass is 79.9. The predicted octanol–water partition coefficient (Wildman–Crippen LogP) is 4.67. The Kier molecular flexibility index (Phi) is 4.51. The molecule has 20 heavy (non-hydrogen) atoms. The fourth-order valence-electron chi connectivity index (χ4n) is 1.72. The van der Waals surface area contributed by atoms with Gasteiger partial charge >= 0.3 is 6.18 Å². The van der Waals surface area contributed by atoms with E-state index >= 15 is 0 Å². The monoisotopic (exact) mass is 408 g/mol. The Balaban J connectivity index is 2.41. The number of hydrogen-bond donors (Lipinski definition) is 1. The smallest absolute Gasteiger partial charge is 0.319 e. The lowest BCUT2D eigenvalue weighted by molar-refractivity contribution is -0.137. The summed E-state index contributed by atoms with van der Waals surface area (Å²) in [4.78, 5) is 4.15. The van der Waals surface area contributed by atoms with Gasteiger partial charge < -0.3 is 5.73 Å². The molecule has 1 aromatic carbocycles. The molecule has 1 atom stereocenters. The van der Waals surface area contributed by atoms with E-state index in [4.69, 9.17) is 5.73 Å². The van der Waals surface area contributed by atoms with Gasteiger partial charge in [-0.25, -0.2) is 0 Å². The minimum atomic E-state index is -4.39. The predicted molar refractivity (Wildman–Crippen MR) is 77.1 cm³/mol. The molecule has 7 heteroatoms. The summed E-state index contributed by atoms with van der Waals surface area (Å²) in [5.74, 6) is 0. The maximum atomic E-state index is 12.7. The molecule has 2 aromatic rings. The molecule has 0 aliphatic heterocycles. The first-order valence-corrected chi connectivity index (χ1v) is 7.11. The molecule has 0 aliphatic rings. The van der Waals surface area contributed by atoms with E-state index in [1.807, 2.05) is 0 Å². The zero-order valence-electron chi connectivity index (χ0n) is 9.96. The van der Waals surface area contributed by atoms with E-state index in [2.05, 4.69) is 36.8 Å². The first-order chi connectivity index (χ1) is 9.29. The Bertz CT molecular complexity index is 629. The SMILES string of the molecule is NC(c1cccc(C(F)(F)F)c1)c1ncc(Br)cc1Br. The van der Waals surface area contributed by atoms with Gasteiger partial charge in [0.15, 0.2) is 0 Å². The quantitative estimate of drug-likeness (QED) is 0.782. The van der Waals surface area contributed by atoms with Gasteiger partial charge in [0.05, 0.1) is 17.3 Å². The van der Waals surface area contributed by atoms with Crippen LogP contribution in [0.5, 0.6) is 0 Å². The van der Waals surface area contributed by atoms with Gasteiger partial charge in [-0.15, -0.1) is 0 Å². The molecule has 0 fully saturated rings. The molecule has 2 nitrogen and oxygen atoms in total. The van der Waals surface area contributed by atoms with Gasteiger partial charge in [-0.05, 0) is 55.6 Å². The normalized spacial score (nSPS) is 13.3. The molecule has 106 valence electrons.